The molecule has 2 heterocycles. The summed E-state index contributed by atoms with van der Waals surface area (Å²) in [6, 6.07) is 10.4. The number of rotatable bonds is 7. The lowest BCUT2D eigenvalue weighted by molar-refractivity contribution is 0.0987. The van der Waals surface area contributed by atoms with Crippen molar-refractivity contribution < 1.29 is 14.3 Å². The number of ether oxygens (including phenoxy) is 2. The van der Waals surface area contributed by atoms with Crippen LogP contribution in [0.3, 0.4) is 0 Å². The third-order valence-corrected chi connectivity index (χ3v) is 6.13. The lowest BCUT2D eigenvalue weighted by Gasteiger charge is -2.22. The van der Waals surface area contributed by atoms with Crippen LogP contribution in [0, 0.1) is 6.92 Å². The molecule has 0 atom stereocenters. The number of methoxy groups -OCH3 is 2. The molecule has 0 aliphatic carbocycles. The highest BCUT2D eigenvalue weighted by molar-refractivity contribution is 6.39. The van der Waals surface area contributed by atoms with Gasteiger partial charge in [-0.15, -0.1) is 0 Å². The summed E-state index contributed by atoms with van der Waals surface area (Å²) in [5, 5.41) is 4.21. The molecule has 1 N–H and O–H groups in total. The number of aryl methyl sites for hydroxylation is 1. The minimum Gasteiger partial charge on any atom is -0.497 e. The molecule has 0 saturated carbocycles. The molecule has 0 aliphatic rings. The Bertz CT molecular complexity index is 1350. The molecule has 8 nitrogen and oxygen atoms in total. The zero-order chi connectivity index (χ0) is 24.4. The second-order valence-electron chi connectivity index (χ2n) is 7.40. The number of carbonyl (C=O) groups is 1. The molecule has 34 heavy (non-hydrogen) atoms. The summed E-state index contributed by atoms with van der Waals surface area (Å²) in [6.07, 6.45) is 3.43. The van der Waals surface area contributed by atoms with E-state index in [2.05, 4.69) is 15.3 Å². The largest absolute Gasteiger partial charge is 0.497 e. The molecular weight excluding hydrogens is 477 g/mol. The number of benzene rings is 2. The van der Waals surface area contributed by atoms with Crippen LogP contribution in [-0.2, 0) is 0 Å². The minimum atomic E-state index is -0.285. The number of hydrogen-bond acceptors (Lipinski definition) is 6. The Labute approximate surface area is 207 Å². The van der Waals surface area contributed by atoms with Gasteiger partial charge in [0.2, 0.25) is 5.78 Å². The maximum absolute atomic E-state index is 13.6. The Morgan fingerprint density at radius 1 is 1.15 bits per heavy atom. The number of aromatic nitrogens is 3. The van der Waals surface area contributed by atoms with Crippen molar-refractivity contribution in [1.29, 1.82) is 0 Å². The predicted molar refractivity (Wildman–Crippen MR) is 134 cm³/mol. The van der Waals surface area contributed by atoms with E-state index in [-0.39, 0.29) is 5.91 Å². The molecule has 2 aromatic carbocycles. The maximum atomic E-state index is 13.6. The van der Waals surface area contributed by atoms with Crippen LogP contribution in [0.1, 0.15) is 22.8 Å². The quantitative estimate of drug-likeness (QED) is 0.347. The summed E-state index contributed by atoms with van der Waals surface area (Å²) < 4.78 is 12.4. The van der Waals surface area contributed by atoms with E-state index in [4.69, 9.17) is 32.7 Å². The third kappa shape index (κ3) is 4.34. The van der Waals surface area contributed by atoms with Gasteiger partial charge in [-0.05, 0) is 43.7 Å². The zero-order valence-corrected chi connectivity index (χ0v) is 20.6. The second-order valence-corrected chi connectivity index (χ2v) is 8.19. The van der Waals surface area contributed by atoms with Crippen LogP contribution in [-0.4, -0.2) is 41.0 Å². The summed E-state index contributed by atoms with van der Waals surface area (Å²) in [4.78, 5) is 24.2. The van der Waals surface area contributed by atoms with Crippen molar-refractivity contribution in [2.24, 2.45) is 0 Å². The molecule has 10 heteroatoms. The van der Waals surface area contributed by atoms with Gasteiger partial charge in [0.15, 0.2) is 11.6 Å². The van der Waals surface area contributed by atoms with E-state index in [9.17, 15) is 4.79 Å². The molecular formula is C24H23Cl2N5O3. The SMILES string of the molecule is CCN(C(=O)c1cc(OC)cc(OC)c1)c1nc2ncccn2c1Nc1c(Cl)ccc(C)c1Cl. The molecule has 0 bridgehead atoms. The maximum Gasteiger partial charge on any atom is 0.259 e. The summed E-state index contributed by atoms with van der Waals surface area (Å²) in [6.45, 7) is 4.09. The van der Waals surface area contributed by atoms with Crippen molar-refractivity contribution in [2.75, 3.05) is 31.0 Å². The van der Waals surface area contributed by atoms with E-state index in [1.807, 2.05) is 19.9 Å². The van der Waals surface area contributed by atoms with Gasteiger partial charge in [0, 0.05) is 30.6 Å². The van der Waals surface area contributed by atoms with E-state index in [0.29, 0.717) is 56.8 Å². The Balaban J connectivity index is 1.86. The molecule has 1 amide bonds. The number of amides is 1. The molecule has 0 radical (unpaired) electrons. The second kappa shape index (κ2) is 9.79. The third-order valence-electron chi connectivity index (χ3n) is 5.33. The van der Waals surface area contributed by atoms with Gasteiger partial charge in [-0.25, -0.2) is 4.98 Å². The monoisotopic (exact) mass is 499 g/mol. The summed E-state index contributed by atoms with van der Waals surface area (Å²) in [5.41, 5.74) is 1.76. The fourth-order valence-corrected chi connectivity index (χ4v) is 4.01. The Hall–Kier alpha value is -3.49. The number of nitrogens with zero attached hydrogens (tertiary/aromatic N) is 4. The van der Waals surface area contributed by atoms with Crippen LogP contribution in [0.25, 0.3) is 5.78 Å². The molecule has 0 aliphatic heterocycles. The van der Waals surface area contributed by atoms with Gasteiger partial charge >= 0.3 is 0 Å². The van der Waals surface area contributed by atoms with Crippen LogP contribution in [0.5, 0.6) is 11.5 Å². The van der Waals surface area contributed by atoms with Crippen LogP contribution in [0.2, 0.25) is 10.0 Å². The van der Waals surface area contributed by atoms with Gasteiger partial charge < -0.3 is 14.8 Å². The Kier molecular flexibility index (Phi) is 6.81. The predicted octanol–water partition coefficient (Wildman–Crippen LogP) is 5.77. The molecule has 4 aromatic rings. The number of hydrogen-bond donors (Lipinski definition) is 1. The van der Waals surface area contributed by atoms with Gasteiger partial charge in [0.1, 0.15) is 11.5 Å². The van der Waals surface area contributed by atoms with E-state index >= 15 is 0 Å². The van der Waals surface area contributed by atoms with Gasteiger partial charge in [0.05, 0.1) is 30.0 Å². The summed E-state index contributed by atoms with van der Waals surface area (Å²) in [5.74, 6) is 2.02. The average molecular weight is 500 g/mol. The molecule has 0 unspecified atom stereocenters. The first-order valence-corrected chi connectivity index (χ1v) is 11.2. The Morgan fingerprint density at radius 2 is 1.85 bits per heavy atom. The van der Waals surface area contributed by atoms with E-state index in [1.165, 1.54) is 14.2 Å². The summed E-state index contributed by atoms with van der Waals surface area (Å²) in [7, 11) is 3.07. The Morgan fingerprint density at radius 3 is 2.50 bits per heavy atom. The number of fused-ring (bicyclic) bond motifs is 1. The van der Waals surface area contributed by atoms with Crippen molar-refractivity contribution in [2.45, 2.75) is 13.8 Å². The highest BCUT2D eigenvalue weighted by Crippen LogP contribution is 2.38. The zero-order valence-electron chi connectivity index (χ0n) is 19.1. The van der Waals surface area contributed by atoms with Crippen molar-refractivity contribution >= 4 is 52.2 Å². The smallest absolute Gasteiger partial charge is 0.259 e. The fraction of sp³-hybridized carbons (Fsp3) is 0.208. The highest BCUT2D eigenvalue weighted by Gasteiger charge is 2.26. The van der Waals surface area contributed by atoms with Crippen LogP contribution < -0.4 is 19.7 Å². The van der Waals surface area contributed by atoms with Gasteiger partial charge in [0.25, 0.3) is 5.91 Å². The first kappa shape index (κ1) is 23.7. The van der Waals surface area contributed by atoms with Crippen molar-refractivity contribution in [1.82, 2.24) is 14.4 Å². The molecule has 0 fully saturated rings. The number of imidazole rings is 1. The van der Waals surface area contributed by atoms with Crippen LogP contribution in [0.15, 0.2) is 48.8 Å². The van der Waals surface area contributed by atoms with Crippen LogP contribution in [0.4, 0.5) is 17.3 Å². The molecule has 0 saturated heterocycles. The molecule has 0 spiro atoms. The molecule has 2 aromatic heterocycles. The first-order chi connectivity index (χ1) is 16.4. The number of anilines is 3. The van der Waals surface area contributed by atoms with E-state index < -0.39 is 0 Å². The minimum absolute atomic E-state index is 0.285. The molecule has 176 valence electrons. The average Bonchev–Trinajstić information content (AvgIpc) is 3.22. The highest BCUT2D eigenvalue weighted by atomic mass is 35.5. The van der Waals surface area contributed by atoms with Gasteiger partial charge in [-0.1, -0.05) is 29.3 Å². The van der Waals surface area contributed by atoms with Crippen molar-refractivity contribution in [3.05, 3.63) is 70.0 Å². The molecule has 4 rings (SSSR count). The topological polar surface area (TPSA) is 81.0 Å². The first-order valence-electron chi connectivity index (χ1n) is 10.5. The number of halogens is 2. The van der Waals surface area contributed by atoms with Gasteiger partial charge in [-0.3, -0.25) is 14.1 Å². The van der Waals surface area contributed by atoms with E-state index in [1.54, 1.807) is 52.0 Å². The summed E-state index contributed by atoms with van der Waals surface area (Å²) >= 11 is 13.0. The van der Waals surface area contributed by atoms with Gasteiger partial charge in [-0.2, -0.15) is 4.98 Å². The lowest BCUT2D eigenvalue weighted by atomic mass is 10.1. The fourth-order valence-electron chi connectivity index (χ4n) is 3.55. The lowest BCUT2D eigenvalue weighted by Crippen LogP contribution is -2.31. The number of nitrogens with one attached hydrogen (secondary N) is 1. The number of carbonyl (C=O) groups excluding carboxylic acids is 1. The normalized spacial score (nSPS) is 10.9. The van der Waals surface area contributed by atoms with Crippen molar-refractivity contribution in [3.8, 4) is 11.5 Å². The van der Waals surface area contributed by atoms with Crippen LogP contribution >= 0.6 is 23.2 Å². The van der Waals surface area contributed by atoms with Crippen molar-refractivity contribution in [3.63, 3.8) is 0 Å². The van der Waals surface area contributed by atoms with E-state index in [0.717, 1.165) is 5.56 Å². The standard InChI is InChI=1S/C24H23Cl2N5O3/c1-5-30(23(32)15-11-16(33-3)13-17(12-15)34-4)22-21(31-10-6-9-27-24(31)29-22)28-20-18(25)8-7-14(2)19(20)26/h6-13,28H,5H2,1-4H3.